The molecular formula is C13H24O6S. The Morgan fingerprint density at radius 3 is 2.15 bits per heavy atom. The van der Waals surface area contributed by atoms with Crippen LogP contribution < -0.4 is 0 Å². The van der Waals surface area contributed by atoms with Gasteiger partial charge in [-0.2, -0.15) is 0 Å². The Labute approximate surface area is 120 Å². The van der Waals surface area contributed by atoms with Crippen LogP contribution in [0.25, 0.3) is 0 Å². The van der Waals surface area contributed by atoms with Crippen molar-refractivity contribution < 1.29 is 27.9 Å². The highest BCUT2D eigenvalue weighted by Crippen LogP contribution is 2.35. The summed E-state index contributed by atoms with van der Waals surface area (Å²) >= 11 is 0. The number of hydrogen-bond acceptors (Lipinski definition) is 5. The SMILES string of the molecule is CCOC(=O)C(CCCS(=O)(=O)CC)(C(=O)O)C(C)C. The second kappa shape index (κ2) is 7.61. The van der Waals surface area contributed by atoms with Crippen LogP contribution in [0.3, 0.4) is 0 Å². The second-order valence-electron chi connectivity index (χ2n) is 4.99. The molecule has 1 unspecified atom stereocenters. The number of carboxylic acid groups (broad SMARTS) is 1. The van der Waals surface area contributed by atoms with Gasteiger partial charge in [0.2, 0.25) is 0 Å². The van der Waals surface area contributed by atoms with Crippen molar-refractivity contribution in [2.45, 2.75) is 40.5 Å². The molecule has 0 bridgehead atoms. The van der Waals surface area contributed by atoms with Gasteiger partial charge < -0.3 is 9.84 Å². The number of esters is 1. The van der Waals surface area contributed by atoms with Gasteiger partial charge in [0.1, 0.15) is 9.84 Å². The van der Waals surface area contributed by atoms with Crippen LogP contribution in [0.15, 0.2) is 0 Å². The molecule has 0 aliphatic carbocycles. The molecule has 118 valence electrons. The minimum absolute atomic E-state index is 0.00809. The van der Waals surface area contributed by atoms with E-state index in [9.17, 15) is 23.1 Å². The Hall–Kier alpha value is -1.11. The third-order valence-electron chi connectivity index (χ3n) is 3.47. The fraction of sp³-hybridized carbons (Fsp3) is 0.846. The molecular weight excluding hydrogens is 284 g/mol. The highest BCUT2D eigenvalue weighted by Gasteiger charge is 2.50. The topological polar surface area (TPSA) is 97.7 Å². The highest BCUT2D eigenvalue weighted by atomic mass is 32.2. The van der Waals surface area contributed by atoms with Crippen LogP contribution in [-0.2, 0) is 24.2 Å². The van der Waals surface area contributed by atoms with E-state index in [4.69, 9.17) is 4.74 Å². The van der Waals surface area contributed by atoms with Crippen LogP contribution in [0.2, 0.25) is 0 Å². The summed E-state index contributed by atoms with van der Waals surface area (Å²) in [5.74, 6) is -2.65. The summed E-state index contributed by atoms with van der Waals surface area (Å²) in [6, 6.07) is 0. The first-order chi connectivity index (χ1) is 9.14. The molecule has 0 fully saturated rings. The van der Waals surface area contributed by atoms with Gasteiger partial charge in [-0.05, 0) is 25.7 Å². The number of ether oxygens (including phenoxy) is 1. The van der Waals surface area contributed by atoms with Gasteiger partial charge >= 0.3 is 11.9 Å². The molecule has 0 aromatic heterocycles. The fourth-order valence-electron chi connectivity index (χ4n) is 2.04. The van der Waals surface area contributed by atoms with E-state index in [-0.39, 0.29) is 31.0 Å². The van der Waals surface area contributed by atoms with Gasteiger partial charge in [-0.3, -0.25) is 9.59 Å². The Morgan fingerprint density at radius 2 is 1.80 bits per heavy atom. The predicted molar refractivity (Wildman–Crippen MR) is 75.1 cm³/mol. The van der Waals surface area contributed by atoms with Gasteiger partial charge in [-0.15, -0.1) is 0 Å². The minimum Gasteiger partial charge on any atom is -0.480 e. The number of carbonyl (C=O) groups excluding carboxylic acids is 1. The summed E-state index contributed by atoms with van der Waals surface area (Å²) in [7, 11) is -3.18. The maximum Gasteiger partial charge on any atom is 0.323 e. The lowest BCUT2D eigenvalue weighted by Crippen LogP contribution is -2.45. The molecule has 1 atom stereocenters. The summed E-state index contributed by atoms with van der Waals surface area (Å²) in [6.45, 7) is 6.48. The third-order valence-corrected chi connectivity index (χ3v) is 5.26. The summed E-state index contributed by atoms with van der Waals surface area (Å²) in [5.41, 5.74) is -1.68. The monoisotopic (exact) mass is 308 g/mol. The summed E-state index contributed by atoms with van der Waals surface area (Å²) in [5, 5.41) is 9.43. The number of sulfone groups is 1. The van der Waals surface area contributed by atoms with Crippen molar-refractivity contribution in [2.24, 2.45) is 11.3 Å². The van der Waals surface area contributed by atoms with Crippen LogP contribution in [0, 0.1) is 11.3 Å². The van der Waals surface area contributed by atoms with Crippen LogP contribution >= 0.6 is 0 Å². The molecule has 6 nitrogen and oxygen atoms in total. The lowest BCUT2D eigenvalue weighted by atomic mass is 9.73. The smallest absolute Gasteiger partial charge is 0.323 e. The molecule has 0 rings (SSSR count). The first-order valence-corrected chi connectivity index (χ1v) is 8.57. The van der Waals surface area contributed by atoms with Crippen LogP contribution in [0.5, 0.6) is 0 Å². The Balaban J connectivity index is 5.14. The molecule has 0 spiro atoms. The average molecular weight is 308 g/mol. The molecule has 0 heterocycles. The number of aliphatic carboxylic acids is 1. The molecule has 0 aliphatic heterocycles. The molecule has 20 heavy (non-hydrogen) atoms. The first kappa shape index (κ1) is 18.9. The molecule has 0 aromatic carbocycles. The van der Waals surface area contributed by atoms with Crippen molar-refractivity contribution in [1.29, 1.82) is 0 Å². The van der Waals surface area contributed by atoms with E-state index in [1.165, 1.54) is 6.92 Å². The summed E-state index contributed by atoms with van der Waals surface area (Å²) < 4.78 is 27.8. The zero-order valence-corrected chi connectivity index (χ0v) is 13.3. The van der Waals surface area contributed by atoms with Gasteiger partial charge in [-0.25, -0.2) is 8.42 Å². The molecule has 1 N–H and O–H groups in total. The van der Waals surface area contributed by atoms with Crippen molar-refractivity contribution in [1.82, 2.24) is 0 Å². The third kappa shape index (κ3) is 4.47. The van der Waals surface area contributed by atoms with Gasteiger partial charge in [0.15, 0.2) is 5.41 Å². The molecule has 0 saturated heterocycles. The molecule has 0 saturated carbocycles. The Bertz CT molecular complexity index is 440. The number of rotatable bonds is 9. The van der Waals surface area contributed by atoms with Gasteiger partial charge in [0, 0.05) is 5.75 Å². The van der Waals surface area contributed by atoms with Crippen molar-refractivity contribution in [2.75, 3.05) is 18.1 Å². The second-order valence-corrected chi connectivity index (χ2v) is 7.46. The first-order valence-electron chi connectivity index (χ1n) is 6.75. The molecule has 7 heteroatoms. The summed E-state index contributed by atoms with van der Waals surface area (Å²) in [4.78, 5) is 23.6. The van der Waals surface area contributed by atoms with Gasteiger partial charge in [0.25, 0.3) is 0 Å². The van der Waals surface area contributed by atoms with Gasteiger partial charge in [0.05, 0.1) is 12.4 Å². The van der Waals surface area contributed by atoms with E-state index < -0.39 is 33.1 Å². The van der Waals surface area contributed by atoms with E-state index >= 15 is 0 Å². The number of carboxylic acids is 1. The molecule has 0 amide bonds. The van der Waals surface area contributed by atoms with Crippen molar-refractivity contribution >= 4 is 21.8 Å². The average Bonchev–Trinajstić information content (AvgIpc) is 2.33. The highest BCUT2D eigenvalue weighted by molar-refractivity contribution is 7.91. The fourth-order valence-corrected chi connectivity index (χ4v) is 2.92. The van der Waals surface area contributed by atoms with Crippen LogP contribution in [-0.4, -0.2) is 43.6 Å². The Morgan fingerprint density at radius 1 is 1.25 bits per heavy atom. The van der Waals surface area contributed by atoms with Crippen LogP contribution in [0.4, 0.5) is 0 Å². The van der Waals surface area contributed by atoms with Crippen molar-refractivity contribution in [3.63, 3.8) is 0 Å². The lowest BCUT2D eigenvalue weighted by molar-refractivity contribution is -0.173. The number of carbonyl (C=O) groups is 2. The standard InChI is InChI=1S/C13H24O6S/c1-5-19-12(16)13(10(3)4,11(14)15)8-7-9-20(17,18)6-2/h10H,5-9H2,1-4H3,(H,14,15). The largest absolute Gasteiger partial charge is 0.480 e. The molecule has 0 aliphatic rings. The Kier molecular flexibility index (Phi) is 7.19. The molecule has 0 aromatic rings. The normalized spacial score (nSPS) is 14.8. The molecule has 0 radical (unpaired) electrons. The van der Waals surface area contributed by atoms with E-state index in [2.05, 4.69) is 0 Å². The predicted octanol–water partition coefficient (Wildman–Crippen LogP) is 1.49. The van der Waals surface area contributed by atoms with Crippen LogP contribution in [0.1, 0.15) is 40.5 Å². The van der Waals surface area contributed by atoms with E-state index in [0.717, 1.165) is 0 Å². The zero-order valence-electron chi connectivity index (χ0n) is 12.5. The van der Waals surface area contributed by atoms with E-state index in [1.807, 2.05) is 0 Å². The van der Waals surface area contributed by atoms with E-state index in [1.54, 1.807) is 20.8 Å². The number of hydrogen-bond donors (Lipinski definition) is 1. The summed E-state index contributed by atoms with van der Waals surface area (Å²) in [6.07, 6.45) is 0.0809. The lowest BCUT2D eigenvalue weighted by Gasteiger charge is -2.30. The van der Waals surface area contributed by atoms with Gasteiger partial charge in [-0.1, -0.05) is 20.8 Å². The zero-order chi connectivity index (χ0) is 16.0. The van der Waals surface area contributed by atoms with Crippen molar-refractivity contribution in [3.8, 4) is 0 Å². The minimum atomic E-state index is -3.18. The maximum absolute atomic E-state index is 12.0. The van der Waals surface area contributed by atoms with E-state index in [0.29, 0.717) is 0 Å². The quantitative estimate of drug-likeness (QED) is 0.512. The maximum atomic E-state index is 12.0. The van der Waals surface area contributed by atoms with Crippen molar-refractivity contribution in [3.05, 3.63) is 0 Å².